The summed E-state index contributed by atoms with van der Waals surface area (Å²) in [6.45, 7) is 2.29. The van der Waals surface area contributed by atoms with Crippen molar-refractivity contribution in [3.05, 3.63) is 0 Å². The first-order valence-electron chi connectivity index (χ1n) is 6.89. The van der Waals surface area contributed by atoms with Crippen molar-refractivity contribution in [3.63, 3.8) is 0 Å². The van der Waals surface area contributed by atoms with Crippen molar-refractivity contribution in [3.8, 4) is 0 Å². The minimum Gasteiger partial charge on any atom is -0.304 e. The maximum absolute atomic E-state index is 2.51. The Bertz CT molecular complexity index is 157. The van der Waals surface area contributed by atoms with Gasteiger partial charge in [0, 0.05) is 5.54 Å². The van der Waals surface area contributed by atoms with Gasteiger partial charge in [-0.15, -0.1) is 0 Å². The second-order valence-electron chi connectivity index (χ2n) is 5.49. The third kappa shape index (κ3) is 3.79. The summed E-state index contributed by atoms with van der Waals surface area (Å²) in [5.74, 6) is 0. The van der Waals surface area contributed by atoms with E-state index in [1.165, 1.54) is 64.2 Å². The monoisotopic (exact) mass is 211 g/mol. The van der Waals surface area contributed by atoms with E-state index in [0.717, 1.165) is 0 Å². The second kappa shape index (κ2) is 6.52. The summed E-state index contributed by atoms with van der Waals surface area (Å²) in [5, 5.41) is 0. The Hall–Kier alpha value is -0.0400. The van der Waals surface area contributed by atoms with Gasteiger partial charge in [-0.05, 0) is 33.4 Å². The van der Waals surface area contributed by atoms with Crippen molar-refractivity contribution in [2.75, 3.05) is 14.1 Å². The number of rotatable bonds is 6. The lowest BCUT2D eigenvalue weighted by molar-refractivity contribution is 0.0873. The van der Waals surface area contributed by atoms with Crippen molar-refractivity contribution < 1.29 is 0 Å². The predicted octanol–water partition coefficient (Wildman–Crippen LogP) is 4.22. The highest BCUT2D eigenvalue weighted by molar-refractivity contribution is 4.90. The SMILES string of the molecule is CCCCCCC1(N(C)C)CCCCC1. The fourth-order valence-electron chi connectivity index (χ4n) is 3.01. The predicted molar refractivity (Wildman–Crippen MR) is 68.3 cm³/mol. The lowest BCUT2D eigenvalue weighted by Gasteiger charge is -2.43. The van der Waals surface area contributed by atoms with Crippen LogP contribution in [0.25, 0.3) is 0 Å². The Labute approximate surface area is 96.2 Å². The molecule has 1 heteroatoms. The van der Waals surface area contributed by atoms with Crippen LogP contribution in [0.5, 0.6) is 0 Å². The van der Waals surface area contributed by atoms with Gasteiger partial charge in [-0.3, -0.25) is 0 Å². The fraction of sp³-hybridized carbons (Fsp3) is 1.00. The molecule has 1 rings (SSSR count). The first-order valence-corrected chi connectivity index (χ1v) is 6.89. The van der Waals surface area contributed by atoms with Crippen LogP contribution in [0.1, 0.15) is 71.1 Å². The molecule has 0 bridgehead atoms. The fourth-order valence-corrected chi connectivity index (χ4v) is 3.01. The smallest absolute Gasteiger partial charge is 0.0203 e. The van der Waals surface area contributed by atoms with Crippen LogP contribution in [-0.2, 0) is 0 Å². The molecule has 0 amide bonds. The van der Waals surface area contributed by atoms with E-state index in [1.54, 1.807) is 0 Å². The van der Waals surface area contributed by atoms with E-state index < -0.39 is 0 Å². The van der Waals surface area contributed by atoms with Gasteiger partial charge in [0.2, 0.25) is 0 Å². The number of hydrogen-bond donors (Lipinski definition) is 0. The molecule has 0 spiro atoms. The van der Waals surface area contributed by atoms with Crippen molar-refractivity contribution in [1.29, 1.82) is 0 Å². The van der Waals surface area contributed by atoms with E-state index in [1.807, 2.05) is 0 Å². The molecular weight excluding hydrogens is 182 g/mol. The maximum atomic E-state index is 2.51. The van der Waals surface area contributed by atoms with Gasteiger partial charge in [0.1, 0.15) is 0 Å². The van der Waals surface area contributed by atoms with Gasteiger partial charge in [0.05, 0.1) is 0 Å². The average molecular weight is 211 g/mol. The van der Waals surface area contributed by atoms with Gasteiger partial charge in [-0.2, -0.15) is 0 Å². The molecule has 0 atom stereocenters. The molecule has 0 unspecified atom stereocenters. The Morgan fingerprint density at radius 2 is 1.60 bits per heavy atom. The number of hydrogen-bond acceptors (Lipinski definition) is 1. The third-order valence-corrected chi connectivity index (χ3v) is 4.23. The summed E-state index contributed by atoms with van der Waals surface area (Å²) in [6, 6.07) is 0. The Kier molecular flexibility index (Phi) is 5.66. The zero-order chi connectivity index (χ0) is 11.1. The number of nitrogens with zero attached hydrogens (tertiary/aromatic N) is 1. The molecule has 0 heterocycles. The molecule has 0 radical (unpaired) electrons. The lowest BCUT2D eigenvalue weighted by atomic mass is 9.77. The Morgan fingerprint density at radius 3 is 2.13 bits per heavy atom. The first-order chi connectivity index (χ1) is 7.21. The first kappa shape index (κ1) is 13.0. The molecule has 0 aromatic heterocycles. The van der Waals surface area contributed by atoms with Gasteiger partial charge in [0.25, 0.3) is 0 Å². The summed E-state index contributed by atoms with van der Waals surface area (Å²) in [6.07, 6.45) is 14.3. The normalized spacial score (nSPS) is 20.8. The van der Waals surface area contributed by atoms with Gasteiger partial charge < -0.3 is 4.90 Å². The zero-order valence-electron chi connectivity index (χ0n) is 11.0. The molecule has 0 aromatic rings. The van der Waals surface area contributed by atoms with Gasteiger partial charge >= 0.3 is 0 Å². The molecule has 0 N–H and O–H groups in total. The van der Waals surface area contributed by atoms with Crippen LogP contribution in [0, 0.1) is 0 Å². The van der Waals surface area contributed by atoms with Crippen LogP contribution in [0.4, 0.5) is 0 Å². The average Bonchev–Trinajstić information content (AvgIpc) is 2.26. The zero-order valence-corrected chi connectivity index (χ0v) is 11.0. The molecule has 0 saturated heterocycles. The van der Waals surface area contributed by atoms with Crippen LogP contribution in [-0.4, -0.2) is 24.5 Å². The quantitative estimate of drug-likeness (QED) is 0.595. The van der Waals surface area contributed by atoms with E-state index in [2.05, 4.69) is 25.9 Å². The van der Waals surface area contributed by atoms with E-state index in [-0.39, 0.29) is 0 Å². The summed E-state index contributed by atoms with van der Waals surface area (Å²) in [5.41, 5.74) is 0.561. The molecule has 15 heavy (non-hydrogen) atoms. The number of unbranched alkanes of at least 4 members (excludes halogenated alkanes) is 3. The minimum absolute atomic E-state index is 0.561. The molecule has 1 aliphatic carbocycles. The van der Waals surface area contributed by atoms with Gasteiger partial charge in [0.15, 0.2) is 0 Å². The minimum atomic E-state index is 0.561. The lowest BCUT2D eigenvalue weighted by Crippen LogP contribution is -2.45. The largest absolute Gasteiger partial charge is 0.304 e. The maximum Gasteiger partial charge on any atom is 0.0203 e. The Balaban J connectivity index is 2.35. The summed E-state index contributed by atoms with van der Waals surface area (Å²) in [4.78, 5) is 2.51. The molecule has 0 aliphatic heterocycles. The van der Waals surface area contributed by atoms with Crippen molar-refractivity contribution in [2.24, 2.45) is 0 Å². The molecule has 90 valence electrons. The molecule has 1 saturated carbocycles. The summed E-state index contributed by atoms with van der Waals surface area (Å²) in [7, 11) is 4.57. The van der Waals surface area contributed by atoms with Crippen LogP contribution < -0.4 is 0 Å². The third-order valence-electron chi connectivity index (χ3n) is 4.23. The molecular formula is C14H29N. The molecule has 0 aromatic carbocycles. The second-order valence-corrected chi connectivity index (χ2v) is 5.49. The van der Waals surface area contributed by atoms with Crippen LogP contribution in [0.2, 0.25) is 0 Å². The van der Waals surface area contributed by atoms with E-state index >= 15 is 0 Å². The Morgan fingerprint density at radius 1 is 0.933 bits per heavy atom. The van der Waals surface area contributed by atoms with E-state index in [4.69, 9.17) is 0 Å². The van der Waals surface area contributed by atoms with Crippen molar-refractivity contribution in [1.82, 2.24) is 4.90 Å². The molecule has 1 aliphatic rings. The van der Waals surface area contributed by atoms with Crippen LogP contribution in [0.15, 0.2) is 0 Å². The molecule has 1 nitrogen and oxygen atoms in total. The standard InChI is InChI=1S/C14H29N/c1-4-5-6-8-11-14(15(2)3)12-9-7-10-13-14/h4-13H2,1-3H3. The highest BCUT2D eigenvalue weighted by Crippen LogP contribution is 2.36. The van der Waals surface area contributed by atoms with Crippen molar-refractivity contribution in [2.45, 2.75) is 76.7 Å². The van der Waals surface area contributed by atoms with Gasteiger partial charge in [-0.1, -0.05) is 51.9 Å². The topological polar surface area (TPSA) is 3.24 Å². The highest BCUT2D eigenvalue weighted by atomic mass is 15.1. The van der Waals surface area contributed by atoms with Crippen LogP contribution in [0.3, 0.4) is 0 Å². The molecule has 1 fully saturated rings. The van der Waals surface area contributed by atoms with Gasteiger partial charge in [-0.25, -0.2) is 0 Å². The highest BCUT2D eigenvalue weighted by Gasteiger charge is 2.33. The van der Waals surface area contributed by atoms with E-state index in [9.17, 15) is 0 Å². The van der Waals surface area contributed by atoms with Crippen molar-refractivity contribution >= 4 is 0 Å². The summed E-state index contributed by atoms with van der Waals surface area (Å²) >= 11 is 0. The van der Waals surface area contributed by atoms with Crippen LogP contribution >= 0.6 is 0 Å². The summed E-state index contributed by atoms with van der Waals surface area (Å²) < 4.78 is 0. The van der Waals surface area contributed by atoms with E-state index in [0.29, 0.717) is 5.54 Å².